The van der Waals surface area contributed by atoms with Crippen LogP contribution in [0.15, 0.2) is 18.5 Å². The number of methoxy groups -OCH3 is 2. The fourth-order valence-electron chi connectivity index (χ4n) is 3.38. The van der Waals surface area contributed by atoms with Gasteiger partial charge in [-0.3, -0.25) is 9.45 Å². The van der Waals surface area contributed by atoms with E-state index in [9.17, 15) is 13.5 Å². The van der Waals surface area contributed by atoms with Gasteiger partial charge in [0.05, 0.1) is 26.3 Å². The van der Waals surface area contributed by atoms with Crippen LogP contribution in [0.25, 0.3) is 10.9 Å². The molecule has 1 fully saturated rings. The van der Waals surface area contributed by atoms with Gasteiger partial charge < -0.3 is 19.5 Å². The van der Waals surface area contributed by atoms with E-state index in [1.165, 1.54) is 6.33 Å². The number of aliphatic hydroxyl groups excluding tert-OH is 1. The highest BCUT2D eigenvalue weighted by Gasteiger charge is 2.23. The standard InChI is InChI=1S/C17H25N5O6S.ClH/c1-27-14-8-12-13(9-15(14)28-2)18-11-19-17(12)22-5-3-4-21(6-7-22)16(23)10-20-29(24,25)26;/h8-9,11,16,20,23H,3-7,10H2,1-2H3,(H,24,25,26);1H. The Kier molecular flexibility index (Phi) is 8.41. The van der Waals surface area contributed by atoms with Crippen molar-refractivity contribution in [3.05, 3.63) is 18.5 Å². The Morgan fingerprint density at radius 3 is 2.50 bits per heavy atom. The van der Waals surface area contributed by atoms with Gasteiger partial charge in [-0.05, 0) is 12.5 Å². The monoisotopic (exact) mass is 463 g/mol. The lowest BCUT2D eigenvalue weighted by molar-refractivity contribution is 0.0128. The lowest BCUT2D eigenvalue weighted by Crippen LogP contribution is -2.45. The van der Waals surface area contributed by atoms with Gasteiger partial charge in [0.15, 0.2) is 11.5 Å². The highest BCUT2D eigenvalue weighted by atomic mass is 35.5. The van der Waals surface area contributed by atoms with Gasteiger partial charge >= 0.3 is 10.3 Å². The van der Waals surface area contributed by atoms with E-state index >= 15 is 0 Å². The van der Waals surface area contributed by atoms with Crippen LogP contribution in [0.4, 0.5) is 5.82 Å². The van der Waals surface area contributed by atoms with Crippen LogP contribution in [0.2, 0.25) is 0 Å². The number of halogens is 1. The van der Waals surface area contributed by atoms with Gasteiger partial charge in [-0.15, -0.1) is 12.4 Å². The van der Waals surface area contributed by atoms with Crippen LogP contribution in [0.1, 0.15) is 6.42 Å². The van der Waals surface area contributed by atoms with Crippen LogP contribution < -0.4 is 19.1 Å². The first-order valence-electron chi connectivity index (χ1n) is 9.08. The zero-order valence-corrected chi connectivity index (χ0v) is 18.3. The summed E-state index contributed by atoms with van der Waals surface area (Å²) in [6, 6.07) is 3.64. The summed E-state index contributed by atoms with van der Waals surface area (Å²) < 4.78 is 43.1. The molecule has 0 radical (unpaired) electrons. The fourth-order valence-corrected chi connectivity index (χ4v) is 3.74. The van der Waals surface area contributed by atoms with Crippen molar-refractivity contribution in [3.63, 3.8) is 0 Å². The molecule has 1 aliphatic rings. The molecule has 1 atom stereocenters. The molecule has 30 heavy (non-hydrogen) atoms. The Hall–Kier alpha value is -1.96. The number of aromatic nitrogens is 2. The highest BCUT2D eigenvalue weighted by molar-refractivity contribution is 7.83. The lowest BCUT2D eigenvalue weighted by Gasteiger charge is -2.27. The highest BCUT2D eigenvalue weighted by Crippen LogP contribution is 2.34. The molecule has 168 valence electrons. The Bertz CT molecular complexity index is 963. The van der Waals surface area contributed by atoms with Crippen LogP contribution in [0, 0.1) is 0 Å². The maximum atomic E-state index is 10.8. The van der Waals surface area contributed by atoms with E-state index in [1.807, 2.05) is 10.8 Å². The van der Waals surface area contributed by atoms with Gasteiger partial charge in [0.2, 0.25) is 0 Å². The third-order valence-electron chi connectivity index (χ3n) is 4.82. The maximum Gasteiger partial charge on any atom is 0.333 e. The second-order valence-corrected chi connectivity index (χ2v) is 7.84. The van der Waals surface area contributed by atoms with Crippen LogP contribution in [-0.4, -0.2) is 86.1 Å². The molecule has 1 aromatic heterocycles. The number of nitrogens with one attached hydrogen (secondary N) is 1. The van der Waals surface area contributed by atoms with E-state index in [0.29, 0.717) is 37.7 Å². The molecule has 2 heterocycles. The minimum atomic E-state index is -4.34. The Labute approximate surface area is 181 Å². The van der Waals surface area contributed by atoms with Crippen molar-refractivity contribution >= 4 is 39.4 Å². The van der Waals surface area contributed by atoms with Gasteiger partial charge in [0.1, 0.15) is 18.4 Å². The number of rotatable bonds is 7. The van der Waals surface area contributed by atoms with Crippen LogP contribution in [0.5, 0.6) is 11.5 Å². The van der Waals surface area contributed by atoms with Crippen molar-refractivity contribution in [2.75, 3.05) is 51.8 Å². The molecule has 3 N–H and O–H groups in total. The SMILES string of the molecule is COc1cc2ncnc(N3CCCN(C(O)CNS(=O)(=O)O)CC3)c2cc1OC.Cl. The molecule has 1 saturated heterocycles. The third-order valence-corrected chi connectivity index (χ3v) is 5.35. The molecule has 2 aromatic rings. The quantitative estimate of drug-likeness (QED) is 0.491. The summed E-state index contributed by atoms with van der Waals surface area (Å²) >= 11 is 0. The molecule has 0 spiro atoms. The average Bonchev–Trinajstić information content (AvgIpc) is 2.96. The first-order chi connectivity index (χ1) is 13.8. The smallest absolute Gasteiger partial charge is 0.333 e. The van der Waals surface area contributed by atoms with Crippen molar-refractivity contribution in [1.29, 1.82) is 0 Å². The number of nitrogens with zero attached hydrogens (tertiary/aromatic N) is 4. The first kappa shape index (κ1) is 24.3. The predicted molar refractivity (Wildman–Crippen MR) is 114 cm³/mol. The normalized spacial score (nSPS) is 16.6. The van der Waals surface area contributed by atoms with Gasteiger partial charge in [0.25, 0.3) is 0 Å². The van der Waals surface area contributed by atoms with Crippen molar-refractivity contribution in [2.24, 2.45) is 0 Å². The average molecular weight is 464 g/mol. The summed E-state index contributed by atoms with van der Waals surface area (Å²) in [6.45, 7) is 2.06. The zero-order valence-electron chi connectivity index (χ0n) is 16.7. The van der Waals surface area contributed by atoms with Crippen molar-refractivity contribution in [2.45, 2.75) is 12.6 Å². The summed E-state index contributed by atoms with van der Waals surface area (Å²) in [5, 5.41) is 11.1. The molecule has 1 aliphatic heterocycles. The number of anilines is 1. The summed E-state index contributed by atoms with van der Waals surface area (Å²) in [4.78, 5) is 12.6. The maximum absolute atomic E-state index is 10.8. The molecule has 1 aromatic carbocycles. The number of hydrogen-bond donors (Lipinski definition) is 3. The predicted octanol–water partition coefficient (Wildman–Crippen LogP) is 0.292. The minimum Gasteiger partial charge on any atom is -0.493 e. The van der Waals surface area contributed by atoms with Gasteiger partial charge in [-0.25, -0.2) is 9.97 Å². The summed E-state index contributed by atoms with van der Waals surface area (Å²) in [6.07, 6.45) is 1.20. The van der Waals surface area contributed by atoms with Gasteiger partial charge in [-0.2, -0.15) is 13.1 Å². The topological polar surface area (TPSA) is 137 Å². The Morgan fingerprint density at radius 2 is 1.83 bits per heavy atom. The molecule has 13 heteroatoms. The number of aliphatic hydroxyl groups is 1. The molecular formula is C17H26ClN5O6S. The molecule has 0 aliphatic carbocycles. The Balaban J connectivity index is 0.00000320. The fraction of sp³-hybridized carbons (Fsp3) is 0.529. The second kappa shape index (κ2) is 10.4. The molecule has 0 bridgehead atoms. The van der Waals surface area contributed by atoms with Gasteiger partial charge in [-0.1, -0.05) is 0 Å². The summed E-state index contributed by atoms with van der Waals surface area (Å²) in [7, 11) is -1.21. The molecule has 0 amide bonds. The largest absolute Gasteiger partial charge is 0.493 e. The van der Waals surface area contributed by atoms with Gasteiger partial charge in [0, 0.05) is 37.6 Å². The molecule has 1 unspecified atom stereocenters. The second-order valence-electron chi connectivity index (χ2n) is 6.60. The summed E-state index contributed by atoms with van der Waals surface area (Å²) in [5.41, 5.74) is 0.728. The van der Waals surface area contributed by atoms with Crippen molar-refractivity contribution < 1.29 is 27.6 Å². The minimum absolute atomic E-state index is 0. The molecule has 0 saturated carbocycles. The van der Waals surface area contributed by atoms with E-state index in [2.05, 4.69) is 14.9 Å². The third kappa shape index (κ3) is 5.80. The van der Waals surface area contributed by atoms with E-state index in [0.717, 1.165) is 23.1 Å². The number of fused-ring (bicyclic) bond motifs is 1. The zero-order chi connectivity index (χ0) is 21.0. The van der Waals surface area contributed by atoms with E-state index in [-0.39, 0.29) is 19.0 Å². The van der Waals surface area contributed by atoms with Crippen LogP contribution in [-0.2, 0) is 10.3 Å². The number of benzene rings is 1. The van der Waals surface area contributed by atoms with Crippen LogP contribution >= 0.6 is 12.4 Å². The van der Waals surface area contributed by atoms with E-state index < -0.39 is 16.5 Å². The number of hydrogen-bond acceptors (Lipinski definition) is 9. The van der Waals surface area contributed by atoms with Crippen LogP contribution in [0.3, 0.4) is 0 Å². The molecular weight excluding hydrogens is 438 g/mol. The van der Waals surface area contributed by atoms with E-state index in [4.69, 9.17) is 14.0 Å². The first-order valence-corrected chi connectivity index (χ1v) is 10.5. The van der Waals surface area contributed by atoms with Crippen molar-refractivity contribution in [1.82, 2.24) is 19.6 Å². The molecule has 3 rings (SSSR count). The summed E-state index contributed by atoms with van der Waals surface area (Å²) in [5.74, 6) is 1.92. The van der Waals surface area contributed by atoms with E-state index in [1.54, 1.807) is 25.2 Å². The molecule has 11 nitrogen and oxygen atoms in total. The lowest BCUT2D eigenvalue weighted by atomic mass is 10.2. The Morgan fingerprint density at radius 1 is 1.13 bits per heavy atom. The van der Waals surface area contributed by atoms with Crippen molar-refractivity contribution in [3.8, 4) is 11.5 Å². The number of ether oxygens (including phenoxy) is 2.